The van der Waals surface area contributed by atoms with Gasteiger partial charge >= 0.3 is 0 Å². The Kier molecular flexibility index (Phi) is 3.75. The summed E-state index contributed by atoms with van der Waals surface area (Å²) in [6.07, 6.45) is 3.32. The molecule has 0 saturated heterocycles. The number of aromatic nitrogens is 2. The zero-order chi connectivity index (χ0) is 11.5. The highest BCUT2D eigenvalue weighted by Gasteiger charge is 2.05. The molecule has 2 rings (SSSR count). The second-order valence-corrected chi connectivity index (χ2v) is 5.27. The first-order valence-corrected chi connectivity index (χ1v) is 6.53. The van der Waals surface area contributed by atoms with E-state index in [0.29, 0.717) is 0 Å². The molecule has 2 aromatic rings. The van der Waals surface area contributed by atoms with Gasteiger partial charge in [0.15, 0.2) is 0 Å². The van der Waals surface area contributed by atoms with Gasteiger partial charge in [-0.3, -0.25) is 0 Å². The minimum absolute atomic E-state index is 0.830. The van der Waals surface area contributed by atoms with Gasteiger partial charge in [0, 0.05) is 16.4 Å². The largest absolute Gasteiger partial charge is 0.339 e. The van der Waals surface area contributed by atoms with E-state index in [1.165, 1.54) is 6.33 Å². The Morgan fingerprint density at radius 1 is 1.38 bits per heavy atom. The number of halogens is 2. The Labute approximate surface area is 116 Å². The van der Waals surface area contributed by atoms with Crippen LogP contribution < -0.4 is 5.32 Å². The van der Waals surface area contributed by atoms with Gasteiger partial charge in [-0.05, 0) is 47.2 Å². The Morgan fingerprint density at radius 2 is 2.19 bits per heavy atom. The fourth-order valence-corrected chi connectivity index (χ4v) is 2.08. The summed E-state index contributed by atoms with van der Waals surface area (Å²) in [6.45, 7) is 2.06. The topological polar surface area (TPSA) is 37.8 Å². The number of rotatable bonds is 2. The first-order valence-electron chi connectivity index (χ1n) is 4.66. The molecule has 0 fully saturated rings. The molecule has 16 heavy (non-hydrogen) atoms. The third kappa shape index (κ3) is 2.52. The van der Waals surface area contributed by atoms with Crippen LogP contribution in [0.4, 0.5) is 11.5 Å². The van der Waals surface area contributed by atoms with Crippen LogP contribution in [-0.2, 0) is 0 Å². The van der Waals surface area contributed by atoms with Gasteiger partial charge in [0.2, 0.25) is 0 Å². The summed E-state index contributed by atoms with van der Waals surface area (Å²) in [5.74, 6) is 0.830. The number of anilines is 2. The Hall–Kier alpha value is -0.690. The Bertz CT molecular complexity index is 516. The lowest BCUT2D eigenvalue weighted by atomic mass is 10.2. The normalized spacial score (nSPS) is 10.2. The van der Waals surface area contributed by atoms with Crippen molar-refractivity contribution in [2.24, 2.45) is 0 Å². The Balaban J connectivity index is 2.35. The van der Waals surface area contributed by atoms with Crippen molar-refractivity contribution in [2.45, 2.75) is 6.92 Å². The van der Waals surface area contributed by atoms with Crippen LogP contribution in [0.5, 0.6) is 0 Å². The second-order valence-electron chi connectivity index (χ2n) is 3.26. The van der Waals surface area contributed by atoms with Gasteiger partial charge in [-0.25, -0.2) is 9.97 Å². The first kappa shape index (κ1) is 11.8. The second kappa shape index (κ2) is 5.09. The van der Waals surface area contributed by atoms with Crippen LogP contribution in [-0.4, -0.2) is 9.97 Å². The van der Waals surface area contributed by atoms with E-state index < -0.39 is 0 Å². The van der Waals surface area contributed by atoms with Crippen LogP contribution in [0.15, 0.2) is 35.2 Å². The number of hydrogen-bond acceptors (Lipinski definition) is 3. The van der Waals surface area contributed by atoms with Crippen LogP contribution in [0.1, 0.15) is 5.56 Å². The quantitative estimate of drug-likeness (QED) is 0.791. The van der Waals surface area contributed by atoms with Gasteiger partial charge in [-0.2, -0.15) is 0 Å². The van der Waals surface area contributed by atoms with Crippen molar-refractivity contribution in [3.8, 4) is 0 Å². The molecule has 0 bridgehead atoms. The molecule has 1 heterocycles. The van der Waals surface area contributed by atoms with Crippen molar-refractivity contribution in [3.63, 3.8) is 0 Å². The van der Waals surface area contributed by atoms with Crippen molar-refractivity contribution in [2.75, 3.05) is 5.32 Å². The zero-order valence-corrected chi connectivity index (χ0v) is 12.3. The van der Waals surface area contributed by atoms with Gasteiger partial charge in [-0.1, -0.05) is 22.0 Å². The summed E-state index contributed by atoms with van der Waals surface area (Å²) in [4.78, 5) is 8.16. The lowest BCUT2D eigenvalue weighted by Gasteiger charge is -2.10. The third-order valence-corrected chi connectivity index (χ3v) is 3.84. The lowest BCUT2D eigenvalue weighted by Crippen LogP contribution is -1.98. The minimum Gasteiger partial charge on any atom is -0.339 e. The Morgan fingerprint density at radius 3 is 2.94 bits per heavy atom. The highest BCUT2D eigenvalue weighted by atomic mass is 127. The standard InChI is InChI=1S/C11H9BrIN3/c1-7-8(12)3-2-4-10(7)16-11-9(13)5-14-6-15-11/h2-6H,1H3,(H,14,15,16). The molecule has 1 aromatic heterocycles. The summed E-state index contributed by atoms with van der Waals surface area (Å²) in [6, 6.07) is 6.04. The maximum Gasteiger partial charge on any atom is 0.147 e. The number of nitrogens with zero attached hydrogens (tertiary/aromatic N) is 2. The zero-order valence-electron chi connectivity index (χ0n) is 8.54. The van der Waals surface area contributed by atoms with Crippen LogP contribution >= 0.6 is 38.5 Å². The summed E-state index contributed by atoms with van der Waals surface area (Å²) >= 11 is 5.71. The van der Waals surface area contributed by atoms with E-state index in [4.69, 9.17) is 0 Å². The summed E-state index contributed by atoms with van der Waals surface area (Å²) in [7, 11) is 0. The van der Waals surface area contributed by atoms with Crippen LogP contribution in [0.2, 0.25) is 0 Å². The van der Waals surface area contributed by atoms with Crippen molar-refractivity contribution in [1.29, 1.82) is 0 Å². The SMILES string of the molecule is Cc1c(Br)cccc1Nc1ncncc1I. The van der Waals surface area contributed by atoms with Crippen molar-refractivity contribution in [1.82, 2.24) is 9.97 Å². The molecule has 1 N–H and O–H groups in total. The third-order valence-electron chi connectivity index (χ3n) is 2.19. The van der Waals surface area contributed by atoms with E-state index in [-0.39, 0.29) is 0 Å². The van der Waals surface area contributed by atoms with E-state index in [2.05, 4.69) is 60.7 Å². The molecule has 82 valence electrons. The molecule has 0 aliphatic carbocycles. The minimum atomic E-state index is 0.830. The van der Waals surface area contributed by atoms with Gasteiger partial charge in [-0.15, -0.1) is 0 Å². The molecule has 0 amide bonds. The molecule has 0 aliphatic rings. The van der Waals surface area contributed by atoms with E-state index >= 15 is 0 Å². The average Bonchev–Trinajstić information content (AvgIpc) is 2.28. The van der Waals surface area contributed by atoms with Gasteiger partial charge < -0.3 is 5.32 Å². The highest BCUT2D eigenvalue weighted by molar-refractivity contribution is 14.1. The van der Waals surface area contributed by atoms with Crippen molar-refractivity contribution < 1.29 is 0 Å². The summed E-state index contributed by atoms with van der Waals surface area (Å²) < 4.78 is 2.08. The van der Waals surface area contributed by atoms with Crippen LogP contribution in [0, 0.1) is 10.5 Å². The molecule has 0 saturated carbocycles. The van der Waals surface area contributed by atoms with Gasteiger partial charge in [0.25, 0.3) is 0 Å². The molecule has 0 spiro atoms. The van der Waals surface area contributed by atoms with E-state index in [0.717, 1.165) is 25.1 Å². The van der Waals surface area contributed by atoms with E-state index in [1.807, 2.05) is 18.2 Å². The number of hydrogen-bond donors (Lipinski definition) is 1. The average molecular weight is 390 g/mol. The molecular weight excluding hydrogens is 381 g/mol. The monoisotopic (exact) mass is 389 g/mol. The molecule has 0 aliphatic heterocycles. The predicted octanol–water partition coefficient (Wildman–Crippen LogP) is 3.90. The summed E-state index contributed by atoms with van der Waals surface area (Å²) in [5, 5.41) is 3.29. The summed E-state index contributed by atoms with van der Waals surface area (Å²) in [5.41, 5.74) is 2.21. The molecule has 0 atom stereocenters. The fraction of sp³-hybridized carbons (Fsp3) is 0.0909. The molecule has 0 unspecified atom stereocenters. The maximum atomic E-state index is 4.20. The van der Waals surface area contributed by atoms with Crippen molar-refractivity contribution >= 4 is 50.0 Å². The lowest BCUT2D eigenvalue weighted by molar-refractivity contribution is 1.15. The first-order chi connectivity index (χ1) is 7.68. The molecule has 0 radical (unpaired) electrons. The van der Waals surface area contributed by atoms with Crippen LogP contribution in [0.3, 0.4) is 0 Å². The predicted molar refractivity (Wildman–Crippen MR) is 76.9 cm³/mol. The van der Waals surface area contributed by atoms with Crippen LogP contribution in [0.25, 0.3) is 0 Å². The highest BCUT2D eigenvalue weighted by Crippen LogP contribution is 2.26. The molecule has 3 nitrogen and oxygen atoms in total. The van der Waals surface area contributed by atoms with E-state index in [1.54, 1.807) is 6.20 Å². The maximum absolute atomic E-state index is 4.20. The molecule has 5 heteroatoms. The fourth-order valence-electron chi connectivity index (χ4n) is 1.28. The number of nitrogens with one attached hydrogen (secondary N) is 1. The van der Waals surface area contributed by atoms with Gasteiger partial charge in [0.05, 0.1) is 3.57 Å². The smallest absolute Gasteiger partial charge is 0.147 e. The molecular formula is C11H9BrIN3. The number of benzene rings is 1. The van der Waals surface area contributed by atoms with Crippen molar-refractivity contribution in [3.05, 3.63) is 44.3 Å². The molecule has 1 aromatic carbocycles. The van der Waals surface area contributed by atoms with Gasteiger partial charge in [0.1, 0.15) is 12.1 Å². The van der Waals surface area contributed by atoms with E-state index in [9.17, 15) is 0 Å².